The Hall–Kier alpha value is -0.430. The van der Waals surface area contributed by atoms with Gasteiger partial charge in [0, 0.05) is 22.3 Å². The van der Waals surface area contributed by atoms with Crippen LogP contribution in [0.4, 0.5) is 0 Å². The van der Waals surface area contributed by atoms with E-state index in [1.165, 1.54) is 17.7 Å². The highest BCUT2D eigenvalue weighted by Crippen LogP contribution is 2.17. The van der Waals surface area contributed by atoms with Crippen LogP contribution in [-0.2, 0) is 23.0 Å². The molecule has 1 saturated heterocycles. The average molecular weight is 316 g/mol. The minimum atomic E-state index is -3.16. The van der Waals surface area contributed by atoms with Crippen molar-refractivity contribution in [3.8, 4) is 0 Å². The lowest BCUT2D eigenvalue weighted by molar-refractivity contribution is 0.392. The first-order valence-electron chi connectivity index (χ1n) is 7.37. The van der Waals surface area contributed by atoms with Crippen molar-refractivity contribution in [2.24, 2.45) is 0 Å². The lowest BCUT2D eigenvalue weighted by atomic mass is 10.0. The SMILES string of the molecule is CCc1ccc(CNS(=O)(=O)CCC2CCCCN2)s1. The number of rotatable bonds is 7. The molecule has 0 amide bonds. The monoisotopic (exact) mass is 316 g/mol. The zero-order valence-corrected chi connectivity index (χ0v) is 13.7. The highest BCUT2D eigenvalue weighted by Gasteiger charge is 2.17. The first-order valence-corrected chi connectivity index (χ1v) is 9.84. The van der Waals surface area contributed by atoms with Crippen molar-refractivity contribution < 1.29 is 8.42 Å². The van der Waals surface area contributed by atoms with Crippen molar-refractivity contribution in [3.05, 3.63) is 21.9 Å². The lowest BCUT2D eigenvalue weighted by Crippen LogP contribution is -2.37. The van der Waals surface area contributed by atoms with Crippen LogP contribution in [0.2, 0.25) is 0 Å². The van der Waals surface area contributed by atoms with E-state index in [0.29, 0.717) is 19.0 Å². The normalized spacial score (nSPS) is 20.1. The quantitative estimate of drug-likeness (QED) is 0.811. The fourth-order valence-corrected chi connectivity index (χ4v) is 4.53. The van der Waals surface area contributed by atoms with Gasteiger partial charge in [-0.1, -0.05) is 13.3 Å². The first kappa shape index (κ1) is 15.9. The Morgan fingerprint density at radius 1 is 1.35 bits per heavy atom. The van der Waals surface area contributed by atoms with Crippen molar-refractivity contribution >= 4 is 21.4 Å². The van der Waals surface area contributed by atoms with Crippen molar-refractivity contribution in [2.75, 3.05) is 12.3 Å². The van der Waals surface area contributed by atoms with Gasteiger partial charge in [0.15, 0.2) is 0 Å². The van der Waals surface area contributed by atoms with Gasteiger partial charge in [0.1, 0.15) is 0 Å². The van der Waals surface area contributed by atoms with Gasteiger partial charge in [0.2, 0.25) is 10.0 Å². The molecule has 1 unspecified atom stereocenters. The summed E-state index contributed by atoms with van der Waals surface area (Å²) in [5.41, 5.74) is 0. The van der Waals surface area contributed by atoms with Crippen LogP contribution < -0.4 is 10.0 Å². The van der Waals surface area contributed by atoms with Gasteiger partial charge < -0.3 is 5.32 Å². The Balaban J connectivity index is 1.75. The van der Waals surface area contributed by atoms with Crippen molar-refractivity contribution in [1.82, 2.24) is 10.0 Å². The number of hydrogen-bond acceptors (Lipinski definition) is 4. The summed E-state index contributed by atoms with van der Waals surface area (Å²) in [7, 11) is -3.16. The highest BCUT2D eigenvalue weighted by molar-refractivity contribution is 7.89. The Labute approximate surface area is 126 Å². The molecule has 1 aromatic rings. The minimum absolute atomic E-state index is 0.219. The molecule has 1 aromatic heterocycles. The molecule has 0 radical (unpaired) electrons. The van der Waals surface area contributed by atoms with Crippen LogP contribution in [0.3, 0.4) is 0 Å². The smallest absolute Gasteiger partial charge is 0.211 e. The van der Waals surface area contributed by atoms with Gasteiger partial charge in [-0.05, 0) is 44.4 Å². The molecule has 0 bridgehead atoms. The molecule has 2 N–H and O–H groups in total. The van der Waals surface area contributed by atoms with E-state index in [0.717, 1.165) is 24.3 Å². The molecule has 0 aromatic carbocycles. The molecule has 1 atom stereocenters. The van der Waals surface area contributed by atoms with Gasteiger partial charge in [-0.2, -0.15) is 0 Å². The van der Waals surface area contributed by atoms with E-state index in [9.17, 15) is 8.42 Å². The Morgan fingerprint density at radius 2 is 2.15 bits per heavy atom. The maximum atomic E-state index is 12.0. The van der Waals surface area contributed by atoms with Crippen molar-refractivity contribution in [1.29, 1.82) is 0 Å². The van der Waals surface area contributed by atoms with E-state index in [2.05, 4.69) is 23.0 Å². The zero-order valence-electron chi connectivity index (χ0n) is 12.0. The summed E-state index contributed by atoms with van der Waals surface area (Å²) in [5, 5.41) is 3.39. The number of aryl methyl sites for hydroxylation is 1. The average Bonchev–Trinajstić information content (AvgIpc) is 2.93. The summed E-state index contributed by atoms with van der Waals surface area (Å²) in [5.74, 6) is 0.219. The fourth-order valence-electron chi connectivity index (χ4n) is 2.43. The second-order valence-corrected chi connectivity index (χ2v) is 8.48. The summed E-state index contributed by atoms with van der Waals surface area (Å²) < 4.78 is 26.7. The molecule has 0 spiro atoms. The van der Waals surface area contributed by atoms with E-state index >= 15 is 0 Å². The third-order valence-electron chi connectivity index (χ3n) is 3.68. The van der Waals surface area contributed by atoms with Gasteiger partial charge in [-0.3, -0.25) is 0 Å². The van der Waals surface area contributed by atoms with Gasteiger partial charge in [-0.25, -0.2) is 13.1 Å². The van der Waals surface area contributed by atoms with Crippen molar-refractivity contribution in [3.63, 3.8) is 0 Å². The maximum Gasteiger partial charge on any atom is 0.211 e. The second kappa shape index (κ2) is 7.54. The van der Waals surface area contributed by atoms with Gasteiger partial charge in [0.25, 0.3) is 0 Å². The molecular weight excluding hydrogens is 292 g/mol. The molecule has 4 nitrogen and oxygen atoms in total. The topological polar surface area (TPSA) is 58.2 Å². The number of sulfonamides is 1. The van der Waals surface area contributed by atoms with Crippen LogP contribution in [0, 0.1) is 0 Å². The molecule has 114 valence electrons. The first-order chi connectivity index (χ1) is 9.59. The number of piperidine rings is 1. The number of thiophene rings is 1. The Bertz CT molecular complexity index is 505. The molecule has 6 heteroatoms. The summed E-state index contributed by atoms with van der Waals surface area (Å²) in [4.78, 5) is 2.38. The van der Waals surface area contributed by atoms with Gasteiger partial charge >= 0.3 is 0 Å². The van der Waals surface area contributed by atoms with E-state index in [1.807, 2.05) is 6.07 Å². The highest BCUT2D eigenvalue weighted by atomic mass is 32.2. The van der Waals surface area contributed by atoms with Crippen LogP contribution in [-0.4, -0.2) is 26.8 Å². The van der Waals surface area contributed by atoms with Gasteiger partial charge in [-0.15, -0.1) is 11.3 Å². The molecule has 20 heavy (non-hydrogen) atoms. The Morgan fingerprint density at radius 3 is 2.80 bits per heavy atom. The van der Waals surface area contributed by atoms with Crippen LogP contribution in [0.1, 0.15) is 42.4 Å². The van der Waals surface area contributed by atoms with E-state index < -0.39 is 10.0 Å². The molecule has 0 saturated carbocycles. The fraction of sp³-hybridized carbons (Fsp3) is 0.714. The standard InChI is InChI=1S/C14H24N2O2S2/c1-2-13-6-7-14(19-13)11-16-20(17,18)10-8-12-5-3-4-9-15-12/h6-7,12,15-16H,2-5,8-11H2,1H3. The summed E-state index contributed by atoms with van der Waals surface area (Å²) in [6.07, 6.45) is 5.23. The molecule has 0 aliphatic carbocycles. The van der Waals surface area contributed by atoms with E-state index in [1.54, 1.807) is 11.3 Å². The second-order valence-electron chi connectivity index (χ2n) is 5.30. The summed E-state index contributed by atoms with van der Waals surface area (Å²) in [6, 6.07) is 4.45. The van der Waals surface area contributed by atoms with Crippen LogP contribution >= 0.6 is 11.3 Å². The van der Waals surface area contributed by atoms with Crippen LogP contribution in [0.25, 0.3) is 0 Å². The number of nitrogens with one attached hydrogen (secondary N) is 2. The maximum absolute atomic E-state index is 12.0. The van der Waals surface area contributed by atoms with Crippen molar-refractivity contribution in [2.45, 2.75) is 51.6 Å². The van der Waals surface area contributed by atoms with E-state index in [4.69, 9.17) is 0 Å². The molecule has 1 aliphatic rings. The third kappa shape index (κ3) is 5.16. The predicted molar refractivity (Wildman–Crippen MR) is 84.6 cm³/mol. The lowest BCUT2D eigenvalue weighted by Gasteiger charge is -2.23. The van der Waals surface area contributed by atoms with Crippen LogP contribution in [0.15, 0.2) is 12.1 Å². The van der Waals surface area contributed by atoms with E-state index in [-0.39, 0.29) is 5.75 Å². The summed E-state index contributed by atoms with van der Waals surface area (Å²) in [6.45, 7) is 3.55. The molecule has 2 heterocycles. The Kier molecular flexibility index (Phi) is 6.01. The predicted octanol–water partition coefficient (Wildman–Crippen LogP) is 2.26. The zero-order chi connectivity index (χ0) is 14.4. The largest absolute Gasteiger partial charge is 0.314 e. The molecule has 2 rings (SSSR count). The minimum Gasteiger partial charge on any atom is -0.314 e. The van der Waals surface area contributed by atoms with Gasteiger partial charge in [0.05, 0.1) is 5.75 Å². The third-order valence-corrected chi connectivity index (χ3v) is 6.27. The molecule has 1 aliphatic heterocycles. The summed E-state index contributed by atoms with van der Waals surface area (Å²) >= 11 is 1.68. The van der Waals surface area contributed by atoms with Crippen LogP contribution in [0.5, 0.6) is 0 Å². The molecule has 1 fully saturated rings. The molecular formula is C14H24N2O2S2. The number of hydrogen-bond donors (Lipinski definition) is 2.